The van der Waals surface area contributed by atoms with Gasteiger partial charge in [-0.25, -0.2) is 9.36 Å². The van der Waals surface area contributed by atoms with E-state index in [1.807, 2.05) is 48.0 Å². The van der Waals surface area contributed by atoms with Gasteiger partial charge in [-0.05, 0) is 32.9 Å². The first-order valence-corrected chi connectivity index (χ1v) is 8.60. The van der Waals surface area contributed by atoms with E-state index in [1.54, 1.807) is 18.4 Å². The Morgan fingerprint density at radius 1 is 1.15 bits per heavy atom. The maximum Gasteiger partial charge on any atom is 0.333 e. The number of Topliss-reactive ketones (excluding diaryl/α,β-unsaturated/α-hetero) is 1. The summed E-state index contributed by atoms with van der Waals surface area (Å²) in [5.41, 5.74) is 1.29. The Labute approximate surface area is 153 Å². The summed E-state index contributed by atoms with van der Waals surface area (Å²) in [5, 5.41) is 0. The van der Waals surface area contributed by atoms with Crippen LogP contribution < -0.4 is 11.2 Å². The van der Waals surface area contributed by atoms with E-state index in [9.17, 15) is 14.4 Å². The van der Waals surface area contributed by atoms with Crippen LogP contribution in [0.15, 0.2) is 46.1 Å². The van der Waals surface area contributed by atoms with Gasteiger partial charge in [0.05, 0.1) is 6.04 Å². The molecular weight excluding hydrogens is 346 g/mol. The van der Waals surface area contributed by atoms with E-state index < -0.39 is 17.3 Å². The number of aromatic nitrogens is 5. The lowest BCUT2D eigenvalue weighted by molar-refractivity contribution is -0.119. The summed E-state index contributed by atoms with van der Waals surface area (Å²) in [5.74, 6) is 0.279. The van der Waals surface area contributed by atoms with Crippen LogP contribution in [-0.4, -0.2) is 28.9 Å². The highest BCUT2D eigenvalue weighted by molar-refractivity contribution is 5.81. The maximum absolute atomic E-state index is 13.1. The lowest BCUT2D eigenvalue weighted by Gasteiger charge is -2.12. The summed E-state index contributed by atoms with van der Waals surface area (Å²) in [4.78, 5) is 42.2. The molecular formula is C19H19N5O3. The van der Waals surface area contributed by atoms with Crippen LogP contribution in [0.4, 0.5) is 0 Å². The van der Waals surface area contributed by atoms with Crippen LogP contribution in [0, 0.1) is 6.92 Å². The van der Waals surface area contributed by atoms with E-state index in [1.165, 1.54) is 11.5 Å². The molecule has 0 spiro atoms. The first-order chi connectivity index (χ1) is 12.8. The van der Waals surface area contributed by atoms with Crippen molar-refractivity contribution in [2.24, 2.45) is 7.05 Å². The zero-order valence-corrected chi connectivity index (χ0v) is 15.5. The lowest BCUT2D eigenvalue weighted by atomic mass is 10.2. The minimum absolute atomic E-state index is 0.257. The van der Waals surface area contributed by atoms with Crippen molar-refractivity contribution in [2.45, 2.75) is 26.8 Å². The van der Waals surface area contributed by atoms with Crippen molar-refractivity contribution in [2.75, 3.05) is 0 Å². The summed E-state index contributed by atoms with van der Waals surface area (Å²) < 4.78 is 5.91. The molecule has 1 aromatic carbocycles. The van der Waals surface area contributed by atoms with Gasteiger partial charge >= 0.3 is 5.69 Å². The second-order valence-electron chi connectivity index (χ2n) is 6.70. The van der Waals surface area contributed by atoms with Gasteiger partial charge in [-0.1, -0.05) is 18.2 Å². The summed E-state index contributed by atoms with van der Waals surface area (Å²) >= 11 is 0. The van der Waals surface area contributed by atoms with E-state index >= 15 is 0 Å². The minimum atomic E-state index is -0.844. The second kappa shape index (κ2) is 5.80. The zero-order chi connectivity index (χ0) is 19.5. The fourth-order valence-corrected chi connectivity index (χ4v) is 3.40. The van der Waals surface area contributed by atoms with Gasteiger partial charge in [0.2, 0.25) is 5.78 Å². The Bertz CT molecular complexity index is 1320. The van der Waals surface area contributed by atoms with Crippen LogP contribution in [0.5, 0.6) is 0 Å². The Kier molecular flexibility index (Phi) is 3.66. The molecule has 0 saturated carbocycles. The standard InChI is InChI=1S/C19H19N5O3/c1-11-10-22-15-16(20-18(22)23(11)14-8-6-5-7-9-14)21(4)19(27)24(17(15)26)12(2)13(3)25/h5-10,12H,1-4H3. The van der Waals surface area contributed by atoms with E-state index in [-0.39, 0.29) is 16.9 Å². The van der Waals surface area contributed by atoms with Crippen LogP contribution in [0.1, 0.15) is 25.6 Å². The number of carbonyl (C=O) groups is 1. The van der Waals surface area contributed by atoms with Gasteiger partial charge < -0.3 is 0 Å². The second-order valence-corrected chi connectivity index (χ2v) is 6.70. The predicted octanol–water partition coefficient (Wildman–Crippen LogP) is 1.60. The number of carbonyl (C=O) groups excluding carboxylic acids is 1. The third kappa shape index (κ3) is 2.29. The normalized spacial score (nSPS) is 12.7. The van der Waals surface area contributed by atoms with Crippen molar-refractivity contribution < 1.29 is 4.79 Å². The molecule has 3 aromatic heterocycles. The van der Waals surface area contributed by atoms with Gasteiger partial charge in [0.15, 0.2) is 16.9 Å². The fourth-order valence-electron chi connectivity index (χ4n) is 3.40. The molecule has 0 aliphatic heterocycles. The molecule has 3 heterocycles. The summed E-state index contributed by atoms with van der Waals surface area (Å²) in [7, 11) is 1.56. The molecule has 8 heteroatoms. The summed E-state index contributed by atoms with van der Waals surface area (Å²) in [6.45, 7) is 4.84. The Balaban J connectivity index is 2.17. The molecule has 0 saturated heterocycles. The number of hydrogen-bond donors (Lipinski definition) is 0. The van der Waals surface area contributed by atoms with Crippen LogP contribution in [0.3, 0.4) is 0 Å². The molecule has 27 heavy (non-hydrogen) atoms. The quantitative estimate of drug-likeness (QED) is 0.552. The molecule has 1 atom stereocenters. The highest BCUT2D eigenvalue weighted by Gasteiger charge is 2.24. The number of ketones is 1. The smallest absolute Gasteiger partial charge is 0.298 e. The topological polar surface area (TPSA) is 83.3 Å². The largest absolute Gasteiger partial charge is 0.333 e. The molecule has 0 N–H and O–H groups in total. The molecule has 0 aliphatic carbocycles. The number of rotatable bonds is 3. The number of para-hydroxylation sites is 1. The fraction of sp³-hybridized carbons (Fsp3) is 0.263. The first kappa shape index (κ1) is 17.0. The van der Waals surface area contributed by atoms with E-state index in [0.717, 1.165) is 15.9 Å². The molecule has 0 radical (unpaired) electrons. The van der Waals surface area contributed by atoms with Gasteiger partial charge in [0.1, 0.15) is 0 Å². The molecule has 8 nitrogen and oxygen atoms in total. The molecule has 1 unspecified atom stereocenters. The lowest BCUT2D eigenvalue weighted by Crippen LogP contribution is -2.42. The number of benzene rings is 1. The number of nitrogens with zero attached hydrogens (tertiary/aromatic N) is 5. The van der Waals surface area contributed by atoms with Crippen molar-refractivity contribution in [1.29, 1.82) is 0 Å². The minimum Gasteiger partial charge on any atom is -0.298 e. The monoisotopic (exact) mass is 365 g/mol. The van der Waals surface area contributed by atoms with E-state index in [4.69, 9.17) is 0 Å². The van der Waals surface area contributed by atoms with Gasteiger partial charge in [0, 0.05) is 24.6 Å². The van der Waals surface area contributed by atoms with Crippen molar-refractivity contribution in [3.8, 4) is 5.69 Å². The first-order valence-electron chi connectivity index (χ1n) is 8.60. The Morgan fingerprint density at radius 2 is 1.81 bits per heavy atom. The summed E-state index contributed by atoms with van der Waals surface area (Å²) in [6, 6.07) is 8.82. The number of hydrogen-bond acceptors (Lipinski definition) is 4. The van der Waals surface area contributed by atoms with Crippen molar-refractivity contribution in [3.05, 3.63) is 63.1 Å². The van der Waals surface area contributed by atoms with Crippen LogP contribution in [-0.2, 0) is 11.8 Å². The maximum atomic E-state index is 13.1. The third-order valence-corrected chi connectivity index (χ3v) is 4.96. The highest BCUT2D eigenvalue weighted by Crippen LogP contribution is 2.21. The average molecular weight is 365 g/mol. The van der Waals surface area contributed by atoms with Gasteiger partial charge in [0.25, 0.3) is 5.56 Å². The summed E-state index contributed by atoms with van der Waals surface area (Å²) in [6.07, 6.45) is 1.81. The molecule has 0 aliphatic rings. The number of aryl methyl sites for hydroxylation is 2. The molecule has 4 rings (SSSR count). The van der Waals surface area contributed by atoms with Crippen LogP contribution in [0.25, 0.3) is 22.6 Å². The van der Waals surface area contributed by atoms with Gasteiger partial charge in [-0.2, -0.15) is 4.98 Å². The number of fused-ring (bicyclic) bond motifs is 3. The Morgan fingerprint density at radius 3 is 2.44 bits per heavy atom. The van der Waals surface area contributed by atoms with Crippen molar-refractivity contribution >= 4 is 22.7 Å². The number of imidazole rings is 2. The van der Waals surface area contributed by atoms with Gasteiger partial charge in [-0.15, -0.1) is 0 Å². The molecule has 0 bridgehead atoms. The molecule has 4 aromatic rings. The van der Waals surface area contributed by atoms with E-state index in [0.29, 0.717) is 5.78 Å². The van der Waals surface area contributed by atoms with Crippen LogP contribution >= 0.6 is 0 Å². The average Bonchev–Trinajstić information content (AvgIpc) is 3.15. The van der Waals surface area contributed by atoms with Crippen molar-refractivity contribution in [3.63, 3.8) is 0 Å². The van der Waals surface area contributed by atoms with Crippen molar-refractivity contribution in [1.82, 2.24) is 23.1 Å². The molecule has 0 amide bonds. The Hall–Kier alpha value is -3.42. The predicted molar refractivity (Wildman–Crippen MR) is 102 cm³/mol. The van der Waals surface area contributed by atoms with Gasteiger partial charge in [-0.3, -0.25) is 23.1 Å². The molecule has 138 valence electrons. The SMILES string of the molecule is CC(=O)C(C)n1c(=O)c2c(nc3n(-c4ccccc4)c(C)cn23)n(C)c1=O. The third-order valence-electron chi connectivity index (χ3n) is 4.96. The highest BCUT2D eigenvalue weighted by atomic mass is 16.2. The van der Waals surface area contributed by atoms with Crippen LogP contribution in [0.2, 0.25) is 0 Å². The van der Waals surface area contributed by atoms with E-state index in [2.05, 4.69) is 4.98 Å². The zero-order valence-electron chi connectivity index (χ0n) is 15.5. The molecule has 0 fully saturated rings.